The van der Waals surface area contributed by atoms with E-state index in [4.69, 9.17) is 10.5 Å². The predicted molar refractivity (Wildman–Crippen MR) is 83.2 cm³/mol. The lowest BCUT2D eigenvalue weighted by Gasteiger charge is -2.41. The highest BCUT2D eigenvalue weighted by molar-refractivity contribution is 5.46. The standard InChI is InChI=1S/C15H25N5O/c1-12(19-6-8-21-9-7-19)13-2-4-20(5-3-13)15-10-14(16)17-11-18-15/h10-13H,2-9H2,1H3,(H2,16,17,18)/t12-/m0/s1. The minimum atomic E-state index is 0.545. The Morgan fingerprint density at radius 3 is 2.57 bits per heavy atom. The van der Waals surface area contributed by atoms with Gasteiger partial charge in [-0.15, -0.1) is 0 Å². The summed E-state index contributed by atoms with van der Waals surface area (Å²) >= 11 is 0. The van der Waals surface area contributed by atoms with Crippen LogP contribution in [-0.2, 0) is 4.74 Å². The fourth-order valence-corrected chi connectivity index (χ4v) is 3.43. The molecule has 0 aliphatic carbocycles. The van der Waals surface area contributed by atoms with Gasteiger partial charge in [-0.05, 0) is 25.7 Å². The first-order chi connectivity index (χ1) is 10.2. The molecule has 2 saturated heterocycles. The van der Waals surface area contributed by atoms with Gasteiger partial charge in [0.15, 0.2) is 0 Å². The van der Waals surface area contributed by atoms with E-state index < -0.39 is 0 Å². The molecule has 21 heavy (non-hydrogen) atoms. The van der Waals surface area contributed by atoms with E-state index in [1.165, 1.54) is 12.8 Å². The van der Waals surface area contributed by atoms with Crippen molar-refractivity contribution in [1.82, 2.24) is 14.9 Å². The Bertz CT molecular complexity index is 455. The van der Waals surface area contributed by atoms with Crippen molar-refractivity contribution in [2.24, 2.45) is 5.92 Å². The van der Waals surface area contributed by atoms with E-state index in [-0.39, 0.29) is 0 Å². The number of nitrogens with zero attached hydrogens (tertiary/aromatic N) is 4. The molecule has 3 heterocycles. The molecule has 1 atom stereocenters. The summed E-state index contributed by atoms with van der Waals surface area (Å²) < 4.78 is 5.45. The number of hydrogen-bond acceptors (Lipinski definition) is 6. The molecule has 0 aromatic carbocycles. The number of hydrogen-bond donors (Lipinski definition) is 1. The van der Waals surface area contributed by atoms with Gasteiger partial charge in [0.05, 0.1) is 13.2 Å². The van der Waals surface area contributed by atoms with Gasteiger partial charge in [-0.25, -0.2) is 9.97 Å². The summed E-state index contributed by atoms with van der Waals surface area (Å²) in [4.78, 5) is 13.2. The number of piperidine rings is 1. The van der Waals surface area contributed by atoms with Crippen LogP contribution >= 0.6 is 0 Å². The predicted octanol–water partition coefficient (Wildman–Crippen LogP) is 0.996. The monoisotopic (exact) mass is 291 g/mol. The largest absolute Gasteiger partial charge is 0.384 e. The number of morpholine rings is 1. The fraction of sp³-hybridized carbons (Fsp3) is 0.733. The van der Waals surface area contributed by atoms with Gasteiger partial charge < -0.3 is 15.4 Å². The highest BCUT2D eigenvalue weighted by atomic mass is 16.5. The van der Waals surface area contributed by atoms with Gasteiger partial charge in [0.25, 0.3) is 0 Å². The Balaban J connectivity index is 1.54. The topological polar surface area (TPSA) is 67.5 Å². The summed E-state index contributed by atoms with van der Waals surface area (Å²) in [5, 5.41) is 0. The lowest BCUT2D eigenvalue weighted by atomic mass is 9.89. The van der Waals surface area contributed by atoms with Gasteiger partial charge in [-0.1, -0.05) is 0 Å². The van der Waals surface area contributed by atoms with Gasteiger partial charge >= 0.3 is 0 Å². The molecule has 2 N–H and O–H groups in total. The Hall–Kier alpha value is -1.40. The molecule has 0 spiro atoms. The smallest absolute Gasteiger partial charge is 0.134 e. The summed E-state index contributed by atoms with van der Waals surface area (Å²) in [6, 6.07) is 2.51. The van der Waals surface area contributed by atoms with Crippen LogP contribution in [0.2, 0.25) is 0 Å². The van der Waals surface area contributed by atoms with Gasteiger partial charge in [-0.2, -0.15) is 0 Å². The Kier molecular flexibility index (Phi) is 4.55. The van der Waals surface area contributed by atoms with Crippen molar-refractivity contribution in [3.8, 4) is 0 Å². The second kappa shape index (κ2) is 6.58. The van der Waals surface area contributed by atoms with Crippen LogP contribution < -0.4 is 10.6 Å². The number of anilines is 2. The van der Waals surface area contributed by atoms with E-state index in [1.807, 2.05) is 6.07 Å². The molecule has 6 nitrogen and oxygen atoms in total. The molecule has 2 aliphatic rings. The summed E-state index contributed by atoms with van der Waals surface area (Å²) in [7, 11) is 0. The van der Waals surface area contributed by atoms with Crippen LogP contribution in [0.25, 0.3) is 0 Å². The second-order valence-electron chi connectivity index (χ2n) is 6.01. The average molecular weight is 291 g/mol. The third-order valence-corrected chi connectivity index (χ3v) is 4.84. The third-order valence-electron chi connectivity index (χ3n) is 4.84. The van der Waals surface area contributed by atoms with Gasteiger partial charge in [0.2, 0.25) is 0 Å². The SMILES string of the molecule is C[C@@H](C1CCN(c2cc(N)ncn2)CC1)N1CCOCC1. The van der Waals surface area contributed by atoms with Crippen LogP contribution in [0.15, 0.2) is 12.4 Å². The maximum absolute atomic E-state index is 5.74. The van der Waals surface area contributed by atoms with E-state index in [0.29, 0.717) is 11.9 Å². The lowest BCUT2D eigenvalue weighted by Crippen LogP contribution is -2.48. The normalized spacial score (nSPS) is 23.2. The molecular weight excluding hydrogens is 266 g/mol. The van der Waals surface area contributed by atoms with Crippen LogP contribution in [0.4, 0.5) is 11.6 Å². The third kappa shape index (κ3) is 3.44. The first-order valence-corrected chi connectivity index (χ1v) is 7.88. The zero-order chi connectivity index (χ0) is 14.7. The van der Waals surface area contributed by atoms with Crippen LogP contribution in [-0.4, -0.2) is 60.3 Å². The van der Waals surface area contributed by atoms with Crippen molar-refractivity contribution in [2.75, 3.05) is 50.0 Å². The first kappa shape index (κ1) is 14.5. The Labute approximate surface area is 126 Å². The lowest BCUT2D eigenvalue weighted by molar-refractivity contribution is 0.00448. The van der Waals surface area contributed by atoms with Gasteiger partial charge in [0.1, 0.15) is 18.0 Å². The van der Waals surface area contributed by atoms with Crippen molar-refractivity contribution in [3.63, 3.8) is 0 Å². The van der Waals surface area contributed by atoms with E-state index in [9.17, 15) is 0 Å². The van der Waals surface area contributed by atoms with E-state index in [2.05, 4.69) is 26.7 Å². The van der Waals surface area contributed by atoms with Crippen molar-refractivity contribution >= 4 is 11.6 Å². The maximum Gasteiger partial charge on any atom is 0.134 e. The van der Waals surface area contributed by atoms with Gasteiger partial charge in [0, 0.05) is 38.3 Å². The summed E-state index contributed by atoms with van der Waals surface area (Å²) in [6.07, 6.45) is 3.97. The zero-order valence-electron chi connectivity index (χ0n) is 12.7. The minimum absolute atomic E-state index is 0.545. The van der Waals surface area contributed by atoms with E-state index >= 15 is 0 Å². The number of rotatable bonds is 3. The van der Waals surface area contributed by atoms with Crippen molar-refractivity contribution in [1.29, 1.82) is 0 Å². The highest BCUT2D eigenvalue weighted by Gasteiger charge is 2.28. The minimum Gasteiger partial charge on any atom is -0.384 e. The number of nitrogen functional groups attached to an aromatic ring is 1. The van der Waals surface area contributed by atoms with Gasteiger partial charge in [-0.3, -0.25) is 4.90 Å². The summed E-state index contributed by atoms with van der Waals surface area (Å²) in [6.45, 7) is 8.38. The molecular formula is C15H25N5O. The first-order valence-electron chi connectivity index (χ1n) is 7.88. The quantitative estimate of drug-likeness (QED) is 0.896. The van der Waals surface area contributed by atoms with Crippen molar-refractivity contribution in [3.05, 3.63) is 12.4 Å². The van der Waals surface area contributed by atoms with Crippen molar-refractivity contribution < 1.29 is 4.74 Å². The van der Waals surface area contributed by atoms with Crippen LogP contribution in [0, 0.1) is 5.92 Å². The number of ether oxygens (including phenoxy) is 1. The molecule has 2 fully saturated rings. The Morgan fingerprint density at radius 2 is 1.90 bits per heavy atom. The molecule has 2 aliphatic heterocycles. The van der Waals surface area contributed by atoms with E-state index in [0.717, 1.165) is 51.1 Å². The molecule has 0 bridgehead atoms. The van der Waals surface area contributed by atoms with Crippen LogP contribution in [0.1, 0.15) is 19.8 Å². The molecule has 1 aromatic heterocycles. The average Bonchev–Trinajstić information content (AvgIpc) is 2.55. The molecule has 0 saturated carbocycles. The van der Waals surface area contributed by atoms with Crippen molar-refractivity contribution in [2.45, 2.75) is 25.8 Å². The Morgan fingerprint density at radius 1 is 1.19 bits per heavy atom. The molecule has 6 heteroatoms. The molecule has 0 radical (unpaired) electrons. The van der Waals surface area contributed by atoms with Crippen LogP contribution in [0.3, 0.4) is 0 Å². The molecule has 0 unspecified atom stereocenters. The molecule has 116 valence electrons. The zero-order valence-corrected chi connectivity index (χ0v) is 12.7. The number of nitrogens with two attached hydrogens (primary N) is 1. The fourth-order valence-electron chi connectivity index (χ4n) is 3.43. The molecule has 1 aromatic rings. The van der Waals surface area contributed by atoms with Crippen LogP contribution in [0.5, 0.6) is 0 Å². The maximum atomic E-state index is 5.74. The number of aromatic nitrogens is 2. The summed E-state index contributed by atoms with van der Waals surface area (Å²) in [5.74, 6) is 2.27. The molecule has 0 amide bonds. The summed E-state index contributed by atoms with van der Waals surface area (Å²) in [5.41, 5.74) is 5.74. The van der Waals surface area contributed by atoms with E-state index in [1.54, 1.807) is 6.33 Å². The second-order valence-corrected chi connectivity index (χ2v) is 6.01. The molecule has 3 rings (SSSR count). The highest BCUT2D eigenvalue weighted by Crippen LogP contribution is 2.27.